The lowest BCUT2D eigenvalue weighted by Gasteiger charge is -2.24. The quantitative estimate of drug-likeness (QED) is 0.863. The van der Waals surface area contributed by atoms with E-state index in [4.69, 9.17) is 4.74 Å². The first-order valence-electron chi connectivity index (χ1n) is 7.13. The average Bonchev–Trinajstić information content (AvgIpc) is 2.71. The number of nitrogens with zero attached hydrogens (tertiary/aromatic N) is 4. The molecule has 0 N–H and O–H groups in total. The number of hydrogen-bond donors (Lipinski definition) is 0. The predicted molar refractivity (Wildman–Crippen MR) is 83.5 cm³/mol. The van der Waals surface area contributed by atoms with Gasteiger partial charge in [-0.3, -0.25) is 0 Å². The van der Waals surface area contributed by atoms with Gasteiger partial charge in [-0.15, -0.1) is 0 Å². The van der Waals surface area contributed by atoms with Gasteiger partial charge in [0.1, 0.15) is 0 Å². The van der Waals surface area contributed by atoms with Crippen molar-refractivity contribution in [3.05, 3.63) is 47.8 Å². The summed E-state index contributed by atoms with van der Waals surface area (Å²) in [5.74, 6) is 0.735. The van der Waals surface area contributed by atoms with Crippen LogP contribution < -0.4 is 9.80 Å². The van der Waals surface area contributed by atoms with E-state index in [0.29, 0.717) is 6.61 Å². The van der Waals surface area contributed by atoms with Crippen LogP contribution in [-0.4, -0.2) is 37.2 Å². The fraction of sp³-hybridized carbons (Fsp3) is 0.375. The molecule has 2 aromatic rings. The van der Waals surface area contributed by atoms with Crippen LogP contribution in [-0.2, 0) is 17.9 Å². The maximum atomic E-state index is 5.66. The van der Waals surface area contributed by atoms with Crippen molar-refractivity contribution in [2.24, 2.45) is 0 Å². The molecule has 0 saturated heterocycles. The molecule has 0 fully saturated rings. The summed E-state index contributed by atoms with van der Waals surface area (Å²) < 4.78 is 5.66. The van der Waals surface area contributed by atoms with Gasteiger partial charge in [0, 0.05) is 56.4 Å². The van der Waals surface area contributed by atoms with Gasteiger partial charge in [0.25, 0.3) is 0 Å². The molecule has 0 amide bonds. The number of benzene rings is 1. The van der Waals surface area contributed by atoms with Gasteiger partial charge in [-0.05, 0) is 6.07 Å². The third-order valence-corrected chi connectivity index (χ3v) is 3.56. The van der Waals surface area contributed by atoms with Gasteiger partial charge in [0.15, 0.2) is 0 Å². The highest BCUT2D eigenvalue weighted by Crippen LogP contribution is 2.25. The molecule has 0 aliphatic carbocycles. The third-order valence-electron chi connectivity index (χ3n) is 3.56. The zero-order valence-corrected chi connectivity index (χ0v) is 12.5. The molecule has 1 aromatic carbocycles. The Balaban J connectivity index is 1.81. The van der Waals surface area contributed by atoms with Gasteiger partial charge >= 0.3 is 0 Å². The van der Waals surface area contributed by atoms with E-state index in [-0.39, 0.29) is 0 Å². The number of anilines is 2. The van der Waals surface area contributed by atoms with Gasteiger partial charge in [0.2, 0.25) is 5.95 Å². The summed E-state index contributed by atoms with van der Waals surface area (Å²) >= 11 is 0. The standard InChI is InChI=1S/C16H20N4O/c1-19(2)16-17-9-13(10-18-16)11-20-7-8-21-12-14-5-3-4-6-15(14)20/h3-6,9-10H,7-8,11-12H2,1-2H3. The molecule has 1 aromatic heterocycles. The molecule has 0 unspecified atom stereocenters. The zero-order chi connectivity index (χ0) is 14.7. The predicted octanol–water partition coefficient (Wildman–Crippen LogP) is 2.08. The zero-order valence-electron chi connectivity index (χ0n) is 12.5. The van der Waals surface area contributed by atoms with Gasteiger partial charge in [-0.2, -0.15) is 0 Å². The summed E-state index contributed by atoms with van der Waals surface area (Å²) in [5, 5.41) is 0. The van der Waals surface area contributed by atoms with Gasteiger partial charge in [-0.25, -0.2) is 9.97 Å². The average molecular weight is 284 g/mol. The van der Waals surface area contributed by atoms with E-state index in [0.717, 1.165) is 31.2 Å². The molecule has 0 spiro atoms. The van der Waals surface area contributed by atoms with Crippen LogP contribution in [0.1, 0.15) is 11.1 Å². The molecule has 0 bridgehead atoms. The first-order chi connectivity index (χ1) is 10.2. The normalized spacial score (nSPS) is 14.5. The Morgan fingerprint density at radius 1 is 1.19 bits per heavy atom. The van der Waals surface area contributed by atoms with Crippen LogP contribution in [0.3, 0.4) is 0 Å². The fourth-order valence-electron chi connectivity index (χ4n) is 2.46. The molecule has 0 atom stereocenters. The van der Waals surface area contributed by atoms with Crippen LogP contribution >= 0.6 is 0 Å². The highest BCUT2D eigenvalue weighted by Gasteiger charge is 2.15. The van der Waals surface area contributed by atoms with Crippen molar-refractivity contribution in [3.8, 4) is 0 Å². The minimum atomic E-state index is 0.683. The van der Waals surface area contributed by atoms with Gasteiger partial charge < -0.3 is 14.5 Å². The molecule has 21 heavy (non-hydrogen) atoms. The van der Waals surface area contributed by atoms with Crippen molar-refractivity contribution in [2.75, 3.05) is 37.0 Å². The van der Waals surface area contributed by atoms with Crippen LogP contribution in [0.5, 0.6) is 0 Å². The van der Waals surface area contributed by atoms with E-state index in [1.807, 2.05) is 31.4 Å². The number of ether oxygens (including phenoxy) is 1. The van der Waals surface area contributed by atoms with Crippen molar-refractivity contribution in [2.45, 2.75) is 13.2 Å². The summed E-state index contributed by atoms with van der Waals surface area (Å²) in [6.07, 6.45) is 3.80. The third kappa shape index (κ3) is 3.13. The topological polar surface area (TPSA) is 41.5 Å². The van der Waals surface area contributed by atoms with Crippen molar-refractivity contribution < 1.29 is 4.74 Å². The summed E-state index contributed by atoms with van der Waals surface area (Å²) in [5.41, 5.74) is 3.59. The number of hydrogen-bond acceptors (Lipinski definition) is 5. The summed E-state index contributed by atoms with van der Waals surface area (Å²) in [6, 6.07) is 8.40. The van der Waals surface area contributed by atoms with Crippen molar-refractivity contribution in [1.82, 2.24) is 9.97 Å². The minimum absolute atomic E-state index is 0.683. The first kappa shape index (κ1) is 13.8. The van der Waals surface area contributed by atoms with E-state index in [9.17, 15) is 0 Å². The maximum Gasteiger partial charge on any atom is 0.224 e. The van der Waals surface area contributed by atoms with E-state index in [2.05, 4.69) is 39.1 Å². The smallest absolute Gasteiger partial charge is 0.224 e. The summed E-state index contributed by atoms with van der Waals surface area (Å²) in [7, 11) is 3.88. The Kier molecular flexibility index (Phi) is 4.01. The van der Waals surface area contributed by atoms with Crippen LogP contribution in [0.15, 0.2) is 36.7 Å². The van der Waals surface area contributed by atoms with Crippen molar-refractivity contribution >= 4 is 11.6 Å². The Bertz CT molecular complexity index is 597. The lowest BCUT2D eigenvalue weighted by Crippen LogP contribution is -2.26. The molecule has 5 nitrogen and oxygen atoms in total. The molecule has 0 radical (unpaired) electrons. The van der Waals surface area contributed by atoms with E-state index < -0.39 is 0 Å². The Labute approximate surface area is 125 Å². The number of para-hydroxylation sites is 1. The lowest BCUT2D eigenvalue weighted by molar-refractivity contribution is 0.132. The second kappa shape index (κ2) is 6.10. The van der Waals surface area contributed by atoms with Gasteiger partial charge in [-0.1, -0.05) is 18.2 Å². The molecule has 5 heteroatoms. The Hall–Kier alpha value is -2.14. The van der Waals surface area contributed by atoms with Gasteiger partial charge in [0.05, 0.1) is 13.2 Å². The van der Waals surface area contributed by atoms with Crippen LogP contribution in [0.4, 0.5) is 11.6 Å². The Morgan fingerprint density at radius 2 is 1.95 bits per heavy atom. The Morgan fingerprint density at radius 3 is 2.71 bits per heavy atom. The fourth-order valence-corrected chi connectivity index (χ4v) is 2.46. The van der Waals surface area contributed by atoms with E-state index in [1.54, 1.807) is 0 Å². The maximum absolute atomic E-state index is 5.66. The lowest BCUT2D eigenvalue weighted by atomic mass is 10.1. The highest BCUT2D eigenvalue weighted by molar-refractivity contribution is 5.54. The highest BCUT2D eigenvalue weighted by atomic mass is 16.5. The molecular formula is C16H20N4O. The van der Waals surface area contributed by atoms with E-state index in [1.165, 1.54) is 11.3 Å². The molecule has 3 rings (SSSR count). The molecule has 2 heterocycles. The SMILES string of the molecule is CN(C)c1ncc(CN2CCOCc3ccccc32)cn1. The second-order valence-corrected chi connectivity index (χ2v) is 5.39. The largest absolute Gasteiger partial charge is 0.375 e. The summed E-state index contributed by atoms with van der Waals surface area (Å²) in [6.45, 7) is 3.11. The minimum Gasteiger partial charge on any atom is -0.375 e. The van der Waals surface area contributed by atoms with Crippen molar-refractivity contribution in [1.29, 1.82) is 0 Å². The van der Waals surface area contributed by atoms with Crippen LogP contribution in [0.25, 0.3) is 0 Å². The summed E-state index contributed by atoms with van der Waals surface area (Å²) in [4.78, 5) is 13.0. The van der Waals surface area contributed by atoms with Crippen LogP contribution in [0.2, 0.25) is 0 Å². The number of aromatic nitrogens is 2. The molecule has 0 saturated carbocycles. The van der Waals surface area contributed by atoms with Crippen LogP contribution in [0, 0.1) is 0 Å². The van der Waals surface area contributed by atoms with Crippen molar-refractivity contribution in [3.63, 3.8) is 0 Å². The van der Waals surface area contributed by atoms with E-state index >= 15 is 0 Å². The number of fused-ring (bicyclic) bond motifs is 1. The first-order valence-corrected chi connectivity index (χ1v) is 7.13. The number of rotatable bonds is 3. The molecule has 1 aliphatic rings. The monoisotopic (exact) mass is 284 g/mol. The molecular weight excluding hydrogens is 264 g/mol. The molecule has 110 valence electrons. The second-order valence-electron chi connectivity index (χ2n) is 5.39. The molecule has 1 aliphatic heterocycles.